The molecule has 1 aliphatic heterocycles. The number of fused-ring (bicyclic) bond motifs is 1. The third kappa shape index (κ3) is 2.77. The summed E-state index contributed by atoms with van der Waals surface area (Å²) in [6, 6.07) is 7.65. The number of hydrogen-bond donors (Lipinski definition) is 2. The van der Waals surface area contributed by atoms with Crippen LogP contribution in [0.2, 0.25) is 0 Å². The number of aromatic nitrogens is 1. The van der Waals surface area contributed by atoms with E-state index in [-0.39, 0.29) is 12.7 Å². The predicted molar refractivity (Wildman–Crippen MR) is 73.6 cm³/mol. The predicted octanol–water partition coefficient (Wildman–Crippen LogP) is 1.91. The molecule has 20 heavy (non-hydrogen) atoms. The van der Waals surface area contributed by atoms with Gasteiger partial charge in [0, 0.05) is 18.4 Å². The first-order valence-electron chi connectivity index (χ1n) is 6.50. The standard InChI is InChI=1S/C15H16N2O3/c1-10-4-12(8-16-10)6-15(18)17-7-11-2-3-13-14(5-11)20-9-19-13/h2-5,8,16H,6-7,9H2,1H3,(H,17,18). The average molecular weight is 272 g/mol. The smallest absolute Gasteiger partial charge is 0.231 e. The minimum atomic E-state index is 0.00154. The fourth-order valence-corrected chi connectivity index (χ4v) is 2.17. The minimum Gasteiger partial charge on any atom is -0.454 e. The Bertz CT molecular complexity index is 634. The third-order valence-electron chi connectivity index (χ3n) is 3.18. The highest BCUT2D eigenvalue weighted by Crippen LogP contribution is 2.32. The van der Waals surface area contributed by atoms with Crippen molar-refractivity contribution in [3.8, 4) is 11.5 Å². The molecule has 0 saturated heterocycles. The summed E-state index contributed by atoms with van der Waals surface area (Å²) in [6.45, 7) is 2.71. The number of amides is 1. The molecule has 2 N–H and O–H groups in total. The van der Waals surface area contributed by atoms with Gasteiger partial charge >= 0.3 is 0 Å². The molecule has 1 amide bonds. The van der Waals surface area contributed by atoms with Crippen LogP contribution in [0.25, 0.3) is 0 Å². The first-order valence-corrected chi connectivity index (χ1v) is 6.50. The van der Waals surface area contributed by atoms with E-state index in [4.69, 9.17) is 9.47 Å². The maximum atomic E-state index is 11.8. The van der Waals surface area contributed by atoms with Crippen LogP contribution >= 0.6 is 0 Å². The van der Waals surface area contributed by atoms with E-state index < -0.39 is 0 Å². The van der Waals surface area contributed by atoms with Crippen molar-refractivity contribution in [2.45, 2.75) is 19.9 Å². The van der Waals surface area contributed by atoms with E-state index in [0.29, 0.717) is 13.0 Å². The molecule has 0 aliphatic carbocycles. The Labute approximate surface area is 116 Å². The molecule has 0 fully saturated rings. The summed E-state index contributed by atoms with van der Waals surface area (Å²) in [6.07, 6.45) is 2.24. The van der Waals surface area contributed by atoms with Gasteiger partial charge in [0.25, 0.3) is 0 Å². The lowest BCUT2D eigenvalue weighted by atomic mass is 10.2. The van der Waals surface area contributed by atoms with Crippen molar-refractivity contribution < 1.29 is 14.3 Å². The molecule has 0 bridgehead atoms. The molecule has 104 valence electrons. The molecule has 2 aromatic rings. The van der Waals surface area contributed by atoms with Gasteiger partial charge in [-0.25, -0.2) is 0 Å². The summed E-state index contributed by atoms with van der Waals surface area (Å²) in [5, 5.41) is 2.90. The lowest BCUT2D eigenvalue weighted by molar-refractivity contribution is -0.120. The summed E-state index contributed by atoms with van der Waals surface area (Å²) in [7, 11) is 0. The van der Waals surface area contributed by atoms with Gasteiger partial charge in [-0.15, -0.1) is 0 Å². The van der Waals surface area contributed by atoms with Crippen molar-refractivity contribution in [3.63, 3.8) is 0 Å². The van der Waals surface area contributed by atoms with E-state index >= 15 is 0 Å². The van der Waals surface area contributed by atoms with E-state index in [9.17, 15) is 4.79 Å². The average Bonchev–Trinajstić information content (AvgIpc) is 3.04. The van der Waals surface area contributed by atoms with Gasteiger partial charge < -0.3 is 19.8 Å². The Hall–Kier alpha value is -2.43. The Balaban J connectivity index is 1.55. The zero-order valence-electron chi connectivity index (χ0n) is 11.2. The molecule has 0 radical (unpaired) electrons. The molecule has 1 aromatic carbocycles. The maximum absolute atomic E-state index is 11.8. The van der Waals surface area contributed by atoms with Gasteiger partial charge in [0.05, 0.1) is 6.42 Å². The molecular weight excluding hydrogens is 256 g/mol. The Morgan fingerprint density at radius 1 is 1.25 bits per heavy atom. The molecule has 5 heteroatoms. The fraction of sp³-hybridized carbons (Fsp3) is 0.267. The lowest BCUT2D eigenvalue weighted by Crippen LogP contribution is -2.24. The number of carbonyl (C=O) groups is 1. The van der Waals surface area contributed by atoms with Gasteiger partial charge in [-0.05, 0) is 36.2 Å². The third-order valence-corrected chi connectivity index (χ3v) is 3.18. The largest absolute Gasteiger partial charge is 0.454 e. The van der Waals surface area contributed by atoms with Crippen LogP contribution in [0.15, 0.2) is 30.5 Å². The summed E-state index contributed by atoms with van der Waals surface area (Å²) in [4.78, 5) is 14.9. The summed E-state index contributed by atoms with van der Waals surface area (Å²) in [5.41, 5.74) is 3.04. The van der Waals surface area contributed by atoms with Gasteiger partial charge in [0.15, 0.2) is 11.5 Å². The lowest BCUT2D eigenvalue weighted by Gasteiger charge is -2.05. The number of ether oxygens (including phenoxy) is 2. The molecule has 0 spiro atoms. The van der Waals surface area contributed by atoms with Crippen LogP contribution in [0.1, 0.15) is 16.8 Å². The monoisotopic (exact) mass is 272 g/mol. The van der Waals surface area contributed by atoms with Gasteiger partial charge in [0.1, 0.15) is 0 Å². The van der Waals surface area contributed by atoms with Gasteiger partial charge in [-0.3, -0.25) is 4.79 Å². The topological polar surface area (TPSA) is 63.4 Å². The number of hydrogen-bond acceptors (Lipinski definition) is 3. The van der Waals surface area contributed by atoms with Crippen molar-refractivity contribution in [1.82, 2.24) is 10.3 Å². The molecule has 0 atom stereocenters. The number of aromatic amines is 1. The van der Waals surface area contributed by atoms with Crippen LogP contribution < -0.4 is 14.8 Å². The molecule has 0 unspecified atom stereocenters. The first kappa shape index (κ1) is 12.6. The van der Waals surface area contributed by atoms with Gasteiger partial charge in [-0.1, -0.05) is 6.07 Å². The van der Waals surface area contributed by atoms with Crippen molar-refractivity contribution in [2.24, 2.45) is 0 Å². The van der Waals surface area contributed by atoms with Crippen molar-refractivity contribution in [2.75, 3.05) is 6.79 Å². The van der Waals surface area contributed by atoms with Crippen molar-refractivity contribution in [3.05, 3.63) is 47.3 Å². The number of rotatable bonds is 4. The van der Waals surface area contributed by atoms with E-state index in [1.807, 2.05) is 37.4 Å². The second-order valence-electron chi connectivity index (χ2n) is 4.83. The zero-order chi connectivity index (χ0) is 13.9. The van der Waals surface area contributed by atoms with Crippen LogP contribution in [-0.2, 0) is 17.8 Å². The fourth-order valence-electron chi connectivity index (χ4n) is 2.17. The van der Waals surface area contributed by atoms with Crippen molar-refractivity contribution in [1.29, 1.82) is 0 Å². The second-order valence-corrected chi connectivity index (χ2v) is 4.83. The quantitative estimate of drug-likeness (QED) is 0.893. The maximum Gasteiger partial charge on any atom is 0.231 e. The summed E-state index contributed by atoms with van der Waals surface area (Å²) in [5.74, 6) is 1.49. The van der Waals surface area contributed by atoms with E-state index in [1.165, 1.54) is 0 Å². The second kappa shape index (κ2) is 5.28. The number of benzene rings is 1. The molecule has 3 rings (SSSR count). The molecule has 2 heterocycles. The van der Waals surface area contributed by atoms with E-state index in [1.54, 1.807) is 0 Å². The highest BCUT2D eigenvalue weighted by atomic mass is 16.7. The number of aryl methyl sites for hydroxylation is 1. The van der Waals surface area contributed by atoms with Crippen LogP contribution in [-0.4, -0.2) is 17.7 Å². The number of nitrogens with one attached hydrogen (secondary N) is 2. The normalized spacial score (nSPS) is 12.4. The highest BCUT2D eigenvalue weighted by molar-refractivity contribution is 5.78. The molecule has 1 aliphatic rings. The van der Waals surface area contributed by atoms with E-state index in [0.717, 1.165) is 28.3 Å². The van der Waals surface area contributed by atoms with E-state index in [2.05, 4.69) is 10.3 Å². The number of H-pyrrole nitrogens is 1. The Morgan fingerprint density at radius 3 is 2.90 bits per heavy atom. The molecule has 0 saturated carbocycles. The Morgan fingerprint density at radius 2 is 2.10 bits per heavy atom. The molecular formula is C15H16N2O3. The molecule has 5 nitrogen and oxygen atoms in total. The van der Waals surface area contributed by atoms with Crippen LogP contribution in [0.3, 0.4) is 0 Å². The van der Waals surface area contributed by atoms with Gasteiger partial charge in [-0.2, -0.15) is 0 Å². The zero-order valence-corrected chi connectivity index (χ0v) is 11.2. The van der Waals surface area contributed by atoms with Gasteiger partial charge in [0.2, 0.25) is 12.7 Å². The van der Waals surface area contributed by atoms with Crippen LogP contribution in [0, 0.1) is 6.92 Å². The highest BCUT2D eigenvalue weighted by Gasteiger charge is 2.13. The summed E-state index contributed by atoms with van der Waals surface area (Å²) >= 11 is 0. The molecule has 1 aromatic heterocycles. The summed E-state index contributed by atoms with van der Waals surface area (Å²) < 4.78 is 10.6. The minimum absolute atomic E-state index is 0.00154. The van der Waals surface area contributed by atoms with Crippen LogP contribution in [0.5, 0.6) is 11.5 Å². The van der Waals surface area contributed by atoms with Crippen LogP contribution in [0.4, 0.5) is 0 Å². The first-order chi connectivity index (χ1) is 9.70. The number of carbonyl (C=O) groups excluding carboxylic acids is 1. The Kier molecular flexibility index (Phi) is 3.33. The van der Waals surface area contributed by atoms with Crippen molar-refractivity contribution >= 4 is 5.91 Å². The SMILES string of the molecule is Cc1cc(CC(=O)NCc2ccc3c(c2)OCO3)c[nH]1.